The number of nitrogens with zero attached hydrogens (tertiary/aromatic N) is 2. The summed E-state index contributed by atoms with van der Waals surface area (Å²) < 4.78 is 0. The quantitative estimate of drug-likeness (QED) is 0.769. The van der Waals surface area contributed by atoms with Gasteiger partial charge in [-0.25, -0.2) is 0 Å². The summed E-state index contributed by atoms with van der Waals surface area (Å²) in [6.45, 7) is 8.50. The molecule has 1 heterocycles. The zero-order chi connectivity index (χ0) is 19.1. The van der Waals surface area contributed by atoms with Crippen LogP contribution in [0.3, 0.4) is 0 Å². The second-order valence-electron chi connectivity index (χ2n) is 6.88. The molecular formula is C19H28N4O3. The lowest BCUT2D eigenvalue weighted by Crippen LogP contribution is -2.53. The van der Waals surface area contributed by atoms with Gasteiger partial charge in [0.25, 0.3) is 5.91 Å². The van der Waals surface area contributed by atoms with Crippen molar-refractivity contribution in [3.05, 3.63) is 35.4 Å². The third-order valence-corrected chi connectivity index (χ3v) is 4.33. The Hall–Kier alpha value is -2.41. The van der Waals surface area contributed by atoms with E-state index in [0.717, 1.165) is 5.56 Å². The largest absolute Gasteiger partial charge is 0.353 e. The third kappa shape index (κ3) is 5.84. The summed E-state index contributed by atoms with van der Waals surface area (Å²) in [5, 5.41) is 5.56. The van der Waals surface area contributed by atoms with E-state index >= 15 is 0 Å². The van der Waals surface area contributed by atoms with Crippen molar-refractivity contribution in [3.8, 4) is 0 Å². The fraction of sp³-hybridized carbons (Fsp3) is 0.526. The molecule has 3 amide bonds. The highest BCUT2D eigenvalue weighted by Gasteiger charge is 2.23. The SMILES string of the molecule is Cc1ccccc1C(=O)NCC(=O)N1CCN(CC(=O)NC(C)C)CC1. The number of rotatable bonds is 6. The van der Waals surface area contributed by atoms with E-state index in [0.29, 0.717) is 38.3 Å². The van der Waals surface area contributed by atoms with Crippen molar-refractivity contribution in [2.75, 3.05) is 39.3 Å². The van der Waals surface area contributed by atoms with Gasteiger partial charge < -0.3 is 15.5 Å². The standard InChI is InChI=1S/C19H28N4O3/c1-14(2)21-17(24)13-22-8-10-23(11-9-22)18(25)12-20-19(26)16-7-5-4-6-15(16)3/h4-7,14H,8-13H2,1-3H3,(H,20,26)(H,21,24). The van der Waals surface area contributed by atoms with Crippen molar-refractivity contribution < 1.29 is 14.4 Å². The Morgan fingerprint density at radius 3 is 2.35 bits per heavy atom. The Balaban J connectivity index is 1.74. The van der Waals surface area contributed by atoms with Crippen molar-refractivity contribution in [2.24, 2.45) is 0 Å². The maximum absolute atomic E-state index is 12.3. The van der Waals surface area contributed by atoms with Crippen LogP contribution in [0.15, 0.2) is 24.3 Å². The summed E-state index contributed by atoms with van der Waals surface area (Å²) in [6, 6.07) is 7.42. The van der Waals surface area contributed by atoms with Crippen molar-refractivity contribution >= 4 is 17.7 Å². The van der Waals surface area contributed by atoms with Gasteiger partial charge in [0.15, 0.2) is 0 Å². The second-order valence-corrected chi connectivity index (χ2v) is 6.88. The first-order valence-electron chi connectivity index (χ1n) is 9.00. The predicted octanol–water partition coefficient (Wildman–Crippen LogP) is 0.394. The first-order valence-corrected chi connectivity index (χ1v) is 9.00. The topological polar surface area (TPSA) is 81.8 Å². The predicted molar refractivity (Wildman–Crippen MR) is 99.8 cm³/mol. The zero-order valence-electron chi connectivity index (χ0n) is 15.7. The lowest BCUT2D eigenvalue weighted by atomic mass is 10.1. The van der Waals surface area contributed by atoms with E-state index < -0.39 is 0 Å². The normalized spacial score (nSPS) is 15.0. The molecule has 1 fully saturated rings. The van der Waals surface area contributed by atoms with Gasteiger partial charge in [0.1, 0.15) is 0 Å². The van der Waals surface area contributed by atoms with Crippen LogP contribution in [-0.4, -0.2) is 72.8 Å². The van der Waals surface area contributed by atoms with Crippen LogP contribution >= 0.6 is 0 Å². The molecule has 0 unspecified atom stereocenters. The number of hydrogen-bond donors (Lipinski definition) is 2. The number of carbonyl (C=O) groups is 3. The maximum Gasteiger partial charge on any atom is 0.251 e. The molecule has 7 heteroatoms. The molecule has 1 saturated heterocycles. The van der Waals surface area contributed by atoms with Crippen LogP contribution < -0.4 is 10.6 Å². The minimum absolute atomic E-state index is 0.00488. The molecular weight excluding hydrogens is 332 g/mol. The van der Waals surface area contributed by atoms with Gasteiger partial charge in [-0.3, -0.25) is 19.3 Å². The van der Waals surface area contributed by atoms with E-state index in [2.05, 4.69) is 10.6 Å². The molecule has 0 saturated carbocycles. The summed E-state index contributed by atoms with van der Waals surface area (Å²) >= 11 is 0. The van der Waals surface area contributed by atoms with Gasteiger partial charge in [-0.15, -0.1) is 0 Å². The Morgan fingerprint density at radius 1 is 1.08 bits per heavy atom. The molecule has 142 valence electrons. The number of piperazine rings is 1. The van der Waals surface area contributed by atoms with Crippen molar-refractivity contribution in [1.29, 1.82) is 0 Å². The van der Waals surface area contributed by atoms with Gasteiger partial charge in [-0.2, -0.15) is 0 Å². The minimum atomic E-state index is -0.236. The van der Waals surface area contributed by atoms with Crippen LogP contribution in [0.5, 0.6) is 0 Å². The second kappa shape index (κ2) is 9.33. The monoisotopic (exact) mass is 360 g/mol. The summed E-state index contributed by atoms with van der Waals surface area (Å²) in [5.74, 6) is -0.330. The van der Waals surface area contributed by atoms with Gasteiger partial charge in [0.2, 0.25) is 11.8 Å². The number of amides is 3. The molecule has 2 N–H and O–H groups in total. The molecule has 26 heavy (non-hydrogen) atoms. The van der Waals surface area contributed by atoms with E-state index in [9.17, 15) is 14.4 Å². The first-order chi connectivity index (χ1) is 12.4. The molecule has 0 spiro atoms. The maximum atomic E-state index is 12.3. The molecule has 0 atom stereocenters. The fourth-order valence-electron chi connectivity index (χ4n) is 2.92. The molecule has 1 aromatic rings. The summed E-state index contributed by atoms with van der Waals surface area (Å²) in [4.78, 5) is 40.0. The lowest BCUT2D eigenvalue weighted by molar-refractivity contribution is -0.132. The van der Waals surface area contributed by atoms with Crippen LogP contribution in [0.2, 0.25) is 0 Å². The third-order valence-electron chi connectivity index (χ3n) is 4.33. The van der Waals surface area contributed by atoms with Gasteiger partial charge in [-0.05, 0) is 32.4 Å². The van der Waals surface area contributed by atoms with E-state index in [-0.39, 0.29) is 30.3 Å². The van der Waals surface area contributed by atoms with Crippen LogP contribution in [0, 0.1) is 6.92 Å². The minimum Gasteiger partial charge on any atom is -0.353 e. The smallest absolute Gasteiger partial charge is 0.251 e. The van der Waals surface area contributed by atoms with Crippen LogP contribution in [-0.2, 0) is 9.59 Å². The van der Waals surface area contributed by atoms with Crippen LogP contribution in [0.25, 0.3) is 0 Å². The zero-order valence-corrected chi connectivity index (χ0v) is 15.7. The van der Waals surface area contributed by atoms with Gasteiger partial charge in [0, 0.05) is 37.8 Å². The average Bonchev–Trinajstić information content (AvgIpc) is 2.59. The van der Waals surface area contributed by atoms with Gasteiger partial charge >= 0.3 is 0 Å². The number of benzene rings is 1. The Morgan fingerprint density at radius 2 is 1.73 bits per heavy atom. The van der Waals surface area contributed by atoms with Crippen molar-refractivity contribution in [1.82, 2.24) is 20.4 Å². The molecule has 1 aromatic carbocycles. The molecule has 0 bridgehead atoms. The molecule has 7 nitrogen and oxygen atoms in total. The van der Waals surface area contributed by atoms with Crippen molar-refractivity contribution in [2.45, 2.75) is 26.8 Å². The Bertz CT molecular complexity index is 652. The number of nitrogens with one attached hydrogen (secondary N) is 2. The average molecular weight is 360 g/mol. The van der Waals surface area contributed by atoms with Crippen LogP contribution in [0.1, 0.15) is 29.8 Å². The van der Waals surface area contributed by atoms with Gasteiger partial charge in [0.05, 0.1) is 13.1 Å². The molecule has 2 rings (SSSR count). The summed E-state index contributed by atoms with van der Waals surface area (Å²) in [7, 11) is 0. The van der Waals surface area contributed by atoms with Gasteiger partial charge in [-0.1, -0.05) is 18.2 Å². The highest BCUT2D eigenvalue weighted by Crippen LogP contribution is 2.07. The highest BCUT2D eigenvalue weighted by molar-refractivity contribution is 5.97. The summed E-state index contributed by atoms with van der Waals surface area (Å²) in [5.41, 5.74) is 1.46. The molecule has 0 aromatic heterocycles. The van der Waals surface area contributed by atoms with Crippen LogP contribution in [0.4, 0.5) is 0 Å². The number of carbonyl (C=O) groups excluding carboxylic acids is 3. The number of aryl methyl sites for hydroxylation is 1. The van der Waals surface area contributed by atoms with E-state index in [1.165, 1.54) is 0 Å². The summed E-state index contributed by atoms with van der Waals surface area (Å²) in [6.07, 6.45) is 0. The molecule has 1 aliphatic rings. The fourth-order valence-corrected chi connectivity index (χ4v) is 2.92. The Labute approximate surface area is 154 Å². The lowest BCUT2D eigenvalue weighted by Gasteiger charge is -2.34. The molecule has 1 aliphatic heterocycles. The van der Waals surface area contributed by atoms with E-state index in [1.807, 2.05) is 37.8 Å². The molecule has 0 radical (unpaired) electrons. The Kier molecular flexibility index (Phi) is 7.15. The van der Waals surface area contributed by atoms with E-state index in [4.69, 9.17) is 0 Å². The van der Waals surface area contributed by atoms with E-state index in [1.54, 1.807) is 17.0 Å². The number of hydrogen-bond acceptors (Lipinski definition) is 4. The van der Waals surface area contributed by atoms with Crippen molar-refractivity contribution in [3.63, 3.8) is 0 Å². The first kappa shape index (κ1) is 19.9. The molecule has 0 aliphatic carbocycles. The highest BCUT2D eigenvalue weighted by atomic mass is 16.2.